The molecular weight excluding hydrogens is 575 g/mol. The Hall–Kier alpha value is -2.09. The number of nitrogens with zero attached hydrogens (tertiary/aromatic N) is 2. The molecule has 7 unspecified atom stereocenters. The Bertz CT molecular complexity index is 1340. The Balaban J connectivity index is 0.000000712. The lowest BCUT2D eigenvalue weighted by Crippen LogP contribution is -2.56. The number of ether oxygens (including phenoxy) is 1. The molecule has 4 aliphatic rings. The molecule has 3 saturated carbocycles. The standard InChI is InChI=1S/C32H45N2O4P.C3H6O2/c1-6-37-39(38-7-2)20-36-25-10-8-9-24(16-25)34-28-15-23-12-13-26-27-14-11-21(3)31(27,4)18-29(35)30(26)32(23,5)17-22(28)19-33-34;1-3(5)2-4/h8-10,15-16,19,21,26-27,29-30,35H,6-7,11-14,17-18,20H2,1-5H3;4H,2H2,1H3. The summed E-state index contributed by atoms with van der Waals surface area (Å²) >= 11 is 0. The topological polar surface area (TPSA) is 103 Å². The highest BCUT2D eigenvalue weighted by Gasteiger charge is 2.61. The number of aliphatic hydroxyl groups excluding tert-OH is 2. The van der Waals surface area contributed by atoms with E-state index < -0.39 is 8.38 Å². The number of carbonyl (C=O) groups is 1. The quantitative estimate of drug-likeness (QED) is 0.291. The van der Waals surface area contributed by atoms with Gasteiger partial charge in [-0.3, -0.25) is 4.79 Å². The summed E-state index contributed by atoms with van der Waals surface area (Å²) in [4.78, 5) is 9.56. The number of hydrogen-bond donors (Lipinski definition) is 2. The van der Waals surface area contributed by atoms with Crippen LogP contribution < -0.4 is 4.74 Å². The number of benzene rings is 1. The summed E-state index contributed by atoms with van der Waals surface area (Å²) in [6.45, 7) is 13.5. The highest BCUT2D eigenvalue weighted by Crippen LogP contribution is 2.66. The molecule has 9 heteroatoms. The van der Waals surface area contributed by atoms with Gasteiger partial charge in [-0.05, 0) is 118 Å². The van der Waals surface area contributed by atoms with Crippen molar-refractivity contribution in [3.05, 3.63) is 47.3 Å². The molecule has 44 heavy (non-hydrogen) atoms. The first kappa shape index (κ1) is 33.3. The summed E-state index contributed by atoms with van der Waals surface area (Å²) in [7, 11) is -1.06. The van der Waals surface area contributed by atoms with Gasteiger partial charge in [-0.15, -0.1) is 0 Å². The van der Waals surface area contributed by atoms with Crippen molar-refractivity contribution in [1.29, 1.82) is 0 Å². The van der Waals surface area contributed by atoms with Crippen molar-refractivity contribution < 1.29 is 28.8 Å². The highest BCUT2D eigenvalue weighted by molar-refractivity contribution is 7.47. The van der Waals surface area contributed by atoms with Crippen molar-refractivity contribution in [2.24, 2.45) is 34.5 Å². The summed E-state index contributed by atoms with van der Waals surface area (Å²) in [5.74, 6) is 3.01. The van der Waals surface area contributed by atoms with E-state index >= 15 is 0 Å². The minimum atomic E-state index is -1.06. The number of rotatable bonds is 9. The number of allylic oxidation sites excluding steroid dienone is 1. The van der Waals surface area contributed by atoms with E-state index in [2.05, 4.69) is 43.7 Å². The van der Waals surface area contributed by atoms with Crippen LogP contribution in [-0.2, 0) is 20.3 Å². The Morgan fingerprint density at radius 1 is 1.16 bits per heavy atom. The molecule has 0 amide bonds. The molecule has 2 N–H and O–H groups in total. The van der Waals surface area contributed by atoms with Crippen LogP contribution in [0.3, 0.4) is 0 Å². The number of fused-ring (bicyclic) bond motifs is 6. The largest absolute Gasteiger partial charge is 0.484 e. The van der Waals surface area contributed by atoms with Gasteiger partial charge in [0, 0.05) is 6.07 Å². The predicted octanol–water partition coefficient (Wildman–Crippen LogP) is 6.95. The minimum absolute atomic E-state index is 0.00293. The zero-order chi connectivity index (χ0) is 31.6. The van der Waals surface area contributed by atoms with Crippen molar-refractivity contribution in [2.45, 2.75) is 86.2 Å². The molecule has 3 fully saturated rings. The average molecular weight is 627 g/mol. The fourth-order valence-corrected chi connectivity index (χ4v) is 9.93. The molecule has 8 nitrogen and oxygen atoms in total. The number of aliphatic hydroxyl groups is 2. The van der Waals surface area contributed by atoms with E-state index in [1.54, 1.807) is 0 Å². The first-order valence-electron chi connectivity index (χ1n) is 16.4. The van der Waals surface area contributed by atoms with E-state index in [4.69, 9.17) is 24.0 Å². The molecule has 0 radical (unpaired) electrons. The van der Waals surface area contributed by atoms with E-state index in [1.807, 2.05) is 32.2 Å². The number of carbonyl (C=O) groups excluding carboxylic acids is 1. The molecule has 2 aromatic rings. The second kappa shape index (κ2) is 13.7. The van der Waals surface area contributed by atoms with Crippen molar-refractivity contribution >= 4 is 20.2 Å². The van der Waals surface area contributed by atoms with Gasteiger partial charge >= 0.3 is 0 Å². The fraction of sp³-hybridized carbons (Fsp3) is 0.657. The van der Waals surface area contributed by atoms with E-state index in [9.17, 15) is 9.90 Å². The third-order valence-corrected chi connectivity index (χ3v) is 12.5. The van der Waals surface area contributed by atoms with Crippen LogP contribution in [0.2, 0.25) is 0 Å². The van der Waals surface area contributed by atoms with Crippen LogP contribution in [0.4, 0.5) is 0 Å². The number of Topliss-reactive ketones (excluding diaryl/α,β-unsaturated/α-hetero) is 1. The zero-order valence-electron chi connectivity index (χ0n) is 27.3. The van der Waals surface area contributed by atoms with Crippen LogP contribution >= 0.6 is 8.38 Å². The summed E-state index contributed by atoms with van der Waals surface area (Å²) in [5, 5.41) is 24.3. The first-order valence-corrected chi connectivity index (χ1v) is 17.7. The van der Waals surface area contributed by atoms with Crippen LogP contribution in [0.15, 0.2) is 36.0 Å². The van der Waals surface area contributed by atoms with Gasteiger partial charge in [0.2, 0.25) is 8.38 Å². The molecule has 0 spiro atoms. The van der Waals surface area contributed by atoms with Crippen LogP contribution in [0.25, 0.3) is 11.8 Å². The number of ketones is 1. The molecule has 242 valence electrons. The van der Waals surface area contributed by atoms with Gasteiger partial charge in [0.15, 0.2) is 12.1 Å². The van der Waals surface area contributed by atoms with Gasteiger partial charge in [0.25, 0.3) is 0 Å². The molecule has 7 atom stereocenters. The molecule has 1 aromatic carbocycles. The summed E-state index contributed by atoms with van der Waals surface area (Å²) in [6.07, 6.45) is 11.5. The van der Waals surface area contributed by atoms with Gasteiger partial charge in [0.05, 0.1) is 36.9 Å². The molecule has 0 aliphatic heterocycles. The van der Waals surface area contributed by atoms with E-state index in [0.717, 1.165) is 36.6 Å². The summed E-state index contributed by atoms with van der Waals surface area (Å²) in [5.41, 5.74) is 5.24. The monoisotopic (exact) mass is 626 g/mol. The highest BCUT2D eigenvalue weighted by atomic mass is 31.2. The molecule has 1 aromatic heterocycles. The SMILES string of the molecule is CC(=O)CO.CCOP(COc1cccc(-n2ncc3c2C=C2CCC4C(C(O)CC5(C)C(C)CCC45)C2(C)C3)c1)OCC. The van der Waals surface area contributed by atoms with Gasteiger partial charge in [-0.25, -0.2) is 4.68 Å². The lowest BCUT2D eigenvalue weighted by atomic mass is 9.46. The molecule has 4 aliphatic carbocycles. The van der Waals surface area contributed by atoms with Gasteiger partial charge in [-0.1, -0.05) is 32.4 Å². The molecule has 6 rings (SSSR count). The van der Waals surface area contributed by atoms with E-state index in [-0.39, 0.29) is 23.9 Å². The van der Waals surface area contributed by atoms with Crippen molar-refractivity contribution in [1.82, 2.24) is 9.78 Å². The van der Waals surface area contributed by atoms with Crippen LogP contribution in [-0.4, -0.2) is 58.0 Å². The molecule has 0 bridgehead atoms. The average Bonchev–Trinajstić information content (AvgIpc) is 3.53. The Kier molecular flexibility index (Phi) is 10.4. The van der Waals surface area contributed by atoms with Crippen molar-refractivity contribution in [2.75, 3.05) is 26.2 Å². The maximum atomic E-state index is 11.7. The van der Waals surface area contributed by atoms with Crippen molar-refractivity contribution in [3.63, 3.8) is 0 Å². The smallest absolute Gasteiger partial charge is 0.211 e. The first-order chi connectivity index (χ1) is 21.0. The van der Waals surface area contributed by atoms with E-state index in [0.29, 0.717) is 42.7 Å². The Labute approximate surface area is 264 Å². The molecule has 1 heterocycles. The fourth-order valence-electron chi connectivity index (χ4n) is 8.87. The summed E-state index contributed by atoms with van der Waals surface area (Å²) in [6, 6.07) is 8.13. The van der Waals surface area contributed by atoms with Gasteiger partial charge in [0.1, 0.15) is 12.4 Å². The predicted molar refractivity (Wildman–Crippen MR) is 174 cm³/mol. The third-order valence-electron chi connectivity index (χ3n) is 11.1. The van der Waals surface area contributed by atoms with Crippen LogP contribution in [0.5, 0.6) is 5.75 Å². The normalized spacial score (nSPS) is 32.0. The van der Waals surface area contributed by atoms with Gasteiger partial charge < -0.3 is 24.0 Å². The Morgan fingerprint density at radius 3 is 2.57 bits per heavy atom. The maximum Gasteiger partial charge on any atom is 0.211 e. The molecular formula is C35H51N2O6P. The maximum absolute atomic E-state index is 11.7. The van der Waals surface area contributed by atoms with Crippen LogP contribution in [0, 0.1) is 34.5 Å². The second-order valence-corrected chi connectivity index (χ2v) is 15.1. The lowest BCUT2D eigenvalue weighted by molar-refractivity contribution is -0.123. The number of aromatic nitrogens is 2. The zero-order valence-corrected chi connectivity index (χ0v) is 28.2. The molecule has 0 saturated heterocycles. The minimum Gasteiger partial charge on any atom is -0.484 e. The van der Waals surface area contributed by atoms with Gasteiger partial charge in [-0.2, -0.15) is 5.10 Å². The Morgan fingerprint density at radius 2 is 1.89 bits per heavy atom. The number of hydrogen-bond acceptors (Lipinski definition) is 7. The van der Waals surface area contributed by atoms with Crippen molar-refractivity contribution in [3.8, 4) is 11.4 Å². The second-order valence-electron chi connectivity index (χ2n) is 13.6. The summed E-state index contributed by atoms with van der Waals surface area (Å²) < 4.78 is 19.5. The van der Waals surface area contributed by atoms with E-state index in [1.165, 1.54) is 43.0 Å². The van der Waals surface area contributed by atoms with Crippen LogP contribution in [0.1, 0.15) is 84.9 Å². The third kappa shape index (κ3) is 6.30. The lowest BCUT2D eigenvalue weighted by Gasteiger charge is -2.59.